The van der Waals surface area contributed by atoms with E-state index in [2.05, 4.69) is 243 Å². The third-order valence-electron chi connectivity index (χ3n) is 13.9. The highest BCUT2D eigenvalue weighted by molar-refractivity contribution is 6.21. The fourth-order valence-corrected chi connectivity index (χ4v) is 11.1. The molecule has 0 saturated heterocycles. The molecule has 2 aliphatic rings. The second-order valence-corrected chi connectivity index (χ2v) is 17.1. The predicted octanol–water partition coefficient (Wildman–Crippen LogP) is 16.7. The van der Waals surface area contributed by atoms with Crippen LogP contribution in [0.4, 0.5) is 0 Å². The molecule has 292 valence electrons. The summed E-state index contributed by atoms with van der Waals surface area (Å²) in [6.45, 7) is 0. The minimum absolute atomic E-state index is 0.391. The first-order chi connectivity index (χ1) is 31.2. The van der Waals surface area contributed by atoms with E-state index in [-0.39, 0.29) is 0 Å². The van der Waals surface area contributed by atoms with E-state index in [1.165, 1.54) is 121 Å². The van der Waals surface area contributed by atoms with Crippen molar-refractivity contribution in [1.29, 1.82) is 0 Å². The van der Waals surface area contributed by atoms with Crippen LogP contribution in [-0.4, -0.2) is 0 Å². The Morgan fingerprint density at radius 3 is 1.19 bits per heavy atom. The number of hydrogen-bond donors (Lipinski definition) is 0. The van der Waals surface area contributed by atoms with Gasteiger partial charge in [-0.3, -0.25) is 0 Å². The highest BCUT2D eigenvalue weighted by Crippen LogP contribution is 2.63. The molecule has 0 bridgehead atoms. The van der Waals surface area contributed by atoms with Gasteiger partial charge in [0.1, 0.15) is 0 Å². The van der Waals surface area contributed by atoms with Gasteiger partial charge in [0.25, 0.3) is 0 Å². The zero-order valence-electron chi connectivity index (χ0n) is 34.6. The van der Waals surface area contributed by atoms with Crippen LogP contribution in [-0.2, 0) is 5.41 Å². The summed E-state index contributed by atoms with van der Waals surface area (Å²) < 4.78 is 0. The Kier molecular flexibility index (Phi) is 7.92. The largest absolute Gasteiger partial charge is 0.0725 e. The molecule has 63 heavy (non-hydrogen) atoms. The summed E-state index contributed by atoms with van der Waals surface area (Å²) in [5.74, 6) is 0. The molecule has 2 aliphatic carbocycles. The molecule has 0 radical (unpaired) electrons. The molecule has 13 rings (SSSR count). The number of benzene rings is 11. The van der Waals surface area contributed by atoms with E-state index in [9.17, 15) is 0 Å². The van der Waals surface area contributed by atoms with Gasteiger partial charge in [-0.15, -0.1) is 0 Å². The lowest BCUT2D eigenvalue weighted by molar-refractivity contribution is 0.794. The normalized spacial score (nSPS) is 13.1. The molecule has 0 nitrogen and oxygen atoms in total. The molecule has 11 aromatic rings. The van der Waals surface area contributed by atoms with E-state index in [1.54, 1.807) is 0 Å². The summed E-state index contributed by atoms with van der Waals surface area (Å²) in [4.78, 5) is 0. The maximum absolute atomic E-state index is 2.53. The van der Waals surface area contributed by atoms with Crippen molar-refractivity contribution < 1.29 is 0 Å². The van der Waals surface area contributed by atoms with Crippen molar-refractivity contribution in [1.82, 2.24) is 0 Å². The molecule has 1 spiro atoms. The zero-order valence-corrected chi connectivity index (χ0v) is 34.6. The molecule has 0 heteroatoms. The zero-order chi connectivity index (χ0) is 41.5. The van der Waals surface area contributed by atoms with Crippen LogP contribution in [0.2, 0.25) is 0 Å². The molecule has 0 saturated carbocycles. The van der Waals surface area contributed by atoms with Gasteiger partial charge >= 0.3 is 0 Å². The van der Waals surface area contributed by atoms with Crippen LogP contribution in [0.25, 0.3) is 100 Å². The lowest BCUT2D eigenvalue weighted by atomic mass is 9.70. The van der Waals surface area contributed by atoms with E-state index in [1.807, 2.05) is 0 Å². The summed E-state index contributed by atoms with van der Waals surface area (Å²) in [5, 5.41) is 7.58. The fourth-order valence-electron chi connectivity index (χ4n) is 11.1. The minimum atomic E-state index is -0.391. The first kappa shape index (κ1) is 35.7. The average Bonchev–Trinajstić information content (AvgIpc) is 3.82. The number of hydrogen-bond acceptors (Lipinski definition) is 0. The van der Waals surface area contributed by atoms with Crippen molar-refractivity contribution in [3.8, 4) is 55.6 Å². The molecule has 0 N–H and O–H groups in total. The molecule has 11 aromatic carbocycles. The lowest BCUT2D eigenvalue weighted by Gasteiger charge is -2.30. The van der Waals surface area contributed by atoms with Gasteiger partial charge in [-0.05, 0) is 133 Å². The third kappa shape index (κ3) is 5.35. The minimum Gasteiger partial charge on any atom is -0.0619 e. The smallest absolute Gasteiger partial charge is 0.0619 e. The van der Waals surface area contributed by atoms with Crippen LogP contribution in [0.15, 0.2) is 231 Å². The van der Waals surface area contributed by atoms with Crippen LogP contribution in [0, 0.1) is 0 Å². The van der Waals surface area contributed by atoms with Gasteiger partial charge in [0, 0.05) is 0 Å². The molecular weight excluding hydrogens is 757 g/mol. The number of rotatable bonds is 5. The SMILES string of the molecule is C(=Cc1ccc(-c2c3ccccc3c(-c3ccc4c(c3)C3(c5ccccc5-c5ccccc53)c3ccccc3-4)c3ccccc23)cc1)c1ccc(-c2ccc3ccccc3c2)cc1. The van der Waals surface area contributed by atoms with Crippen molar-refractivity contribution in [2.75, 3.05) is 0 Å². The number of fused-ring (bicyclic) bond motifs is 13. The van der Waals surface area contributed by atoms with Crippen molar-refractivity contribution in [3.63, 3.8) is 0 Å². The average molecular weight is 797 g/mol. The van der Waals surface area contributed by atoms with Gasteiger partial charge in [-0.2, -0.15) is 0 Å². The van der Waals surface area contributed by atoms with Crippen molar-refractivity contribution in [2.45, 2.75) is 5.41 Å². The van der Waals surface area contributed by atoms with Crippen molar-refractivity contribution in [2.24, 2.45) is 0 Å². The van der Waals surface area contributed by atoms with Crippen molar-refractivity contribution >= 4 is 44.5 Å². The Bertz CT molecular complexity index is 3540. The Labute approximate surface area is 367 Å². The Hall–Kier alpha value is -8.06. The first-order valence-corrected chi connectivity index (χ1v) is 22.0. The lowest BCUT2D eigenvalue weighted by Crippen LogP contribution is -2.25. The molecule has 0 amide bonds. The van der Waals surface area contributed by atoms with Gasteiger partial charge < -0.3 is 0 Å². The van der Waals surface area contributed by atoms with E-state index < -0.39 is 5.41 Å². The molecule has 0 atom stereocenters. The Balaban J connectivity index is 0.900. The highest BCUT2D eigenvalue weighted by Gasteiger charge is 2.51. The van der Waals surface area contributed by atoms with Gasteiger partial charge in [-0.1, -0.05) is 231 Å². The summed E-state index contributed by atoms with van der Waals surface area (Å²) in [6, 6.07) is 85.7. The monoisotopic (exact) mass is 796 g/mol. The first-order valence-electron chi connectivity index (χ1n) is 22.0. The van der Waals surface area contributed by atoms with Gasteiger partial charge in [0.15, 0.2) is 0 Å². The van der Waals surface area contributed by atoms with Crippen LogP contribution >= 0.6 is 0 Å². The summed E-state index contributed by atoms with van der Waals surface area (Å²) in [6.07, 6.45) is 4.43. The standard InChI is InChI=1S/C63H40/c1-2-14-46-39-47(36-35-43(46)13-1)44-31-27-41(28-32-44)25-26-42-29-33-45(34-30-42)61-53-18-3-5-20-55(53)62(56-21-6-4-19-54(56)61)48-37-38-52-51-17-9-12-24-59(51)63(60(52)40-48)57-22-10-7-15-49(57)50-16-8-11-23-58(50)63/h1-40H. The van der Waals surface area contributed by atoms with Gasteiger partial charge in [0.05, 0.1) is 5.41 Å². The molecule has 0 fully saturated rings. The van der Waals surface area contributed by atoms with E-state index in [4.69, 9.17) is 0 Å². The fraction of sp³-hybridized carbons (Fsp3) is 0.0159. The summed E-state index contributed by atoms with van der Waals surface area (Å²) in [7, 11) is 0. The topological polar surface area (TPSA) is 0 Å². The third-order valence-corrected chi connectivity index (χ3v) is 13.9. The van der Waals surface area contributed by atoms with Gasteiger partial charge in [0.2, 0.25) is 0 Å². The van der Waals surface area contributed by atoms with E-state index >= 15 is 0 Å². The molecule has 0 heterocycles. The van der Waals surface area contributed by atoms with Crippen LogP contribution < -0.4 is 0 Å². The van der Waals surface area contributed by atoms with Gasteiger partial charge in [-0.25, -0.2) is 0 Å². The Morgan fingerprint density at radius 2 is 0.651 bits per heavy atom. The summed E-state index contributed by atoms with van der Waals surface area (Å²) >= 11 is 0. The Morgan fingerprint density at radius 1 is 0.254 bits per heavy atom. The summed E-state index contributed by atoms with van der Waals surface area (Å²) in [5.41, 5.74) is 20.2. The quantitative estimate of drug-likeness (QED) is 0.120. The van der Waals surface area contributed by atoms with E-state index in [0.29, 0.717) is 0 Å². The predicted molar refractivity (Wildman–Crippen MR) is 267 cm³/mol. The van der Waals surface area contributed by atoms with Crippen molar-refractivity contribution in [3.05, 3.63) is 264 Å². The van der Waals surface area contributed by atoms with E-state index in [0.717, 1.165) is 0 Å². The molecule has 0 aliphatic heterocycles. The second kappa shape index (κ2) is 14.0. The molecule has 0 unspecified atom stereocenters. The van der Waals surface area contributed by atoms with Crippen LogP contribution in [0.5, 0.6) is 0 Å². The maximum Gasteiger partial charge on any atom is 0.0725 e. The van der Waals surface area contributed by atoms with Crippen LogP contribution in [0.1, 0.15) is 33.4 Å². The van der Waals surface area contributed by atoms with Crippen LogP contribution in [0.3, 0.4) is 0 Å². The maximum atomic E-state index is 2.53. The highest BCUT2D eigenvalue weighted by atomic mass is 14.5. The molecular formula is C63H40. The molecule has 0 aromatic heterocycles. The second-order valence-electron chi connectivity index (χ2n) is 17.1.